The monoisotopic (exact) mass is 333 g/mol. The van der Waals surface area contributed by atoms with E-state index >= 15 is 0 Å². The number of ether oxygens (including phenoxy) is 1. The van der Waals surface area contributed by atoms with Crippen LogP contribution in [0.3, 0.4) is 0 Å². The first kappa shape index (κ1) is 16.8. The molecule has 2 rings (SSSR count). The average molecular weight is 333 g/mol. The van der Waals surface area contributed by atoms with Crippen LogP contribution in [0, 0.1) is 11.3 Å². The second-order valence-corrected chi connectivity index (χ2v) is 5.79. The van der Waals surface area contributed by atoms with Gasteiger partial charge >= 0.3 is 5.97 Å². The highest BCUT2D eigenvalue weighted by molar-refractivity contribution is 7.10. The lowest BCUT2D eigenvalue weighted by Gasteiger charge is -2.03. The standard InChI is InChI=1S/C14H15N5O3S/c1-4-22-14(21)11-7-23-13(16-11)9(5-15)12(20)10-6-19(8(2)3)18-17-10/h6-9H,4H2,1-3H3. The maximum Gasteiger partial charge on any atom is 0.357 e. The Balaban J connectivity index is 2.23. The molecule has 0 aromatic carbocycles. The summed E-state index contributed by atoms with van der Waals surface area (Å²) in [5.41, 5.74) is 0.184. The van der Waals surface area contributed by atoms with Gasteiger partial charge in [0, 0.05) is 11.4 Å². The van der Waals surface area contributed by atoms with E-state index in [2.05, 4.69) is 15.3 Å². The summed E-state index contributed by atoms with van der Waals surface area (Å²) < 4.78 is 6.38. The van der Waals surface area contributed by atoms with Gasteiger partial charge in [-0.2, -0.15) is 5.26 Å². The summed E-state index contributed by atoms with van der Waals surface area (Å²) in [4.78, 5) is 28.1. The minimum absolute atomic E-state index is 0.0554. The molecule has 0 aliphatic carbocycles. The lowest BCUT2D eigenvalue weighted by Crippen LogP contribution is -2.12. The molecule has 2 heterocycles. The van der Waals surface area contributed by atoms with Crippen LogP contribution in [0.1, 0.15) is 58.7 Å². The third-order valence-corrected chi connectivity index (χ3v) is 3.85. The van der Waals surface area contributed by atoms with Crippen molar-refractivity contribution >= 4 is 23.1 Å². The lowest BCUT2D eigenvalue weighted by atomic mass is 10.0. The Labute approximate surface area is 136 Å². The highest BCUT2D eigenvalue weighted by atomic mass is 32.1. The van der Waals surface area contributed by atoms with Gasteiger partial charge in [0.2, 0.25) is 5.78 Å². The molecule has 0 aliphatic rings. The molecule has 0 saturated carbocycles. The lowest BCUT2D eigenvalue weighted by molar-refractivity contribution is 0.0519. The molecule has 0 spiro atoms. The van der Waals surface area contributed by atoms with Crippen molar-refractivity contribution in [1.29, 1.82) is 5.26 Å². The van der Waals surface area contributed by atoms with Gasteiger partial charge in [0.1, 0.15) is 5.01 Å². The molecule has 9 heteroatoms. The number of carbonyl (C=O) groups excluding carboxylic acids is 2. The zero-order valence-corrected chi connectivity index (χ0v) is 13.7. The topological polar surface area (TPSA) is 111 Å². The number of nitriles is 1. The fourth-order valence-corrected chi connectivity index (χ4v) is 2.56. The van der Waals surface area contributed by atoms with E-state index in [4.69, 9.17) is 4.74 Å². The Bertz CT molecular complexity index is 759. The fraction of sp³-hybridized carbons (Fsp3) is 0.429. The summed E-state index contributed by atoms with van der Waals surface area (Å²) in [7, 11) is 0. The minimum Gasteiger partial charge on any atom is -0.461 e. The Morgan fingerprint density at radius 3 is 2.74 bits per heavy atom. The summed E-state index contributed by atoms with van der Waals surface area (Å²) in [5, 5.41) is 18.7. The van der Waals surface area contributed by atoms with Crippen molar-refractivity contribution in [2.45, 2.75) is 32.7 Å². The molecule has 0 radical (unpaired) electrons. The van der Waals surface area contributed by atoms with Gasteiger partial charge in [-0.05, 0) is 20.8 Å². The highest BCUT2D eigenvalue weighted by Crippen LogP contribution is 2.24. The molecule has 1 atom stereocenters. The van der Waals surface area contributed by atoms with E-state index in [-0.39, 0.29) is 29.0 Å². The molecule has 8 nitrogen and oxygen atoms in total. The van der Waals surface area contributed by atoms with Crippen LogP contribution in [0.2, 0.25) is 0 Å². The summed E-state index contributed by atoms with van der Waals surface area (Å²) in [6, 6.07) is 1.96. The first-order chi connectivity index (χ1) is 11.0. The zero-order valence-electron chi connectivity index (χ0n) is 12.9. The Hall–Kier alpha value is -2.60. The number of ketones is 1. The number of carbonyl (C=O) groups is 2. The van der Waals surface area contributed by atoms with Crippen LogP contribution in [-0.2, 0) is 4.74 Å². The van der Waals surface area contributed by atoms with Gasteiger partial charge in [0.05, 0.1) is 18.9 Å². The van der Waals surface area contributed by atoms with E-state index in [0.717, 1.165) is 11.3 Å². The van der Waals surface area contributed by atoms with Crippen molar-refractivity contribution in [3.63, 3.8) is 0 Å². The molecular formula is C14H15N5O3S. The van der Waals surface area contributed by atoms with Crippen molar-refractivity contribution in [1.82, 2.24) is 20.0 Å². The van der Waals surface area contributed by atoms with E-state index in [0.29, 0.717) is 0 Å². The number of thiazole rings is 1. The van der Waals surface area contributed by atoms with Gasteiger partial charge in [0.25, 0.3) is 0 Å². The van der Waals surface area contributed by atoms with Gasteiger partial charge in [-0.3, -0.25) is 4.79 Å². The number of hydrogen-bond donors (Lipinski definition) is 0. The quantitative estimate of drug-likeness (QED) is 0.587. The zero-order chi connectivity index (χ0) is 17.0. The largest absolute Gasteiger partial charge is 0.461 e. The molecule has 2 aromatic heterocycles. The maximum absolute atomic E-state index is 12.4. The van der Waals surface area contributed by atoms with Crippen LogP contribution >= 0.6 is 11.3 Å². The molecule has 0 fully saturated rings. The number of aromatic nitrogens is 4. The van der Waals surface area contributed by atoms with Crippen molar-refractivity contribution in [2.75, 3.05) is 6.61 Å². The number of hydrogen-bond acceptors (Lipinski definition) is 8. The SMILES string of the molecule is CCOC(=O)c1csc(C(C#N)C(=O)c2cn(C(C)C)nn2)n1. The smallest absolute Gasteiger partial charge is 0.357 e. The van der Waals surface area contributed by atoms with Gasteiger partial charge in [-0.1, -0.05) is 5.21 Å². The molecule has 23 heavy (non-hydrogen) atoms. The van der Waals surface area contributed by atoms with Crippen LogP contribution < -0.4 is 0 Å². The molecule has 0 N–H and O–H groups in total. The van der Waals surface area contributed by atoms with Gasteiger partial charge in [-0.15, -0.1) is 16.4 Å². The van der Waals surface area contributed by atoms with Gasteiger partial charge < -0.3 is 4.74 Å². The third kappa shape index (κ3) is 3.60. The van der Waals surface area contributed by atoms with Crippen molar-refractivity contribution in [2.24, 2.45) is 0 Å². The van der Waals surface area contributed by atoms with Crippen LogP contribution in [-0.4, -0.2) is 38.3 Å². The number of nitrogens with zero attached hydrogens (tertiary/aromatic N) is 5. The van der Waals surface area contributed by atoms with E-state index in [1.807, 2.05) is 19.9 Å². The summed E-state index contributed by atoms with van der Waals surface area (Å²) in [6.45, 7) is 5.71. The molecule has 0 aliphatic heterocycles. The predicted octanol–water partition coefficient (Wildman–Crippen LogP) is 1.98. The molecule has 2 aromatic rings. The normalized spacial score (nSPS) is 12.0. The van der Waals surface area contributed by atoms with E-state index < -0.39 is 17.7 Å². The van der Waals surface area contributed by atoms with Gasteiger partial charge in [-0.25, -0.2) is 14.5 Å². The van der Waals surface area contributed by atoms with Gasteiger partial charge in [0.15, 0.2) is 17.3 Å². The third-order valence-electron chi connectivity index (χ3n) is 2.94. The molecule has 1 unspecified atom stereocenters. The van der Waals surface area contributed by atoms with Crippen molar-refractivity contribution in [3.8, 4) is 6.07 Å². The second kappa shape index (κ2) is 7.11. The predicted molar refractivity (Wildman–Crippen MR) is 81.2 cm³/mol. The first-order valence-corrected chi connectivity index (χ1v) is 7.84. The number of Topliss-reactive ketones (excluding diaryl/α,β-unsaturated/α-hetero) is 1. The Morgan fingerprint density at radius 2 is 2.17 bits per heavy atom. The average Bonchev–Trinajstić information content (AvgIpc) is 3.18. The van der Waals surface area contributed by atoms with Crippen LogP contribution in [0.25, 0.3) is 0 Å². The fourth-order valence-electron chi connectivity index (χ4n) is 1.73. The molecule has 0 bridgehead atoms. The number of rotatable bonds is 6. The molecule has 0 saturated heterocycles. The molecule has 120 valence electrons. The maximum atomic E-state index is 12.4. The Morgan fingerprint density at radius 1 is 1.43 bits per heavy atom. The van der Waals surface area contributed by atoms with Crippen molar-refractivity contribution in [3.05, 3.63) is 28.0 Å². The second-order valence-electron chi connectivity index (χ2n) is 4.90. The summed E-state index contributed by atoms with van der Waals surface area (Å²) in [6.07, 6.45) is 1.50. The molecular weight excluding hydrogens is 318 g/mol. The minimum atomic E-state index is -1.12. The Kier molecular flexibility index (Phi) is 5.18. The van der Waals surface area contributed by atoms with Crippen LogP contribution in [0.15, 0.2) is 11.6 Å². The van der Waals surface area contributed by atoms with E-state index in [1.165, 1.54) is 16.3 Å². The first-order valence-electron chi connectivity index (χ1n) is 6.96. The summed E-state index contributed by atoms with van der Waals surface area (Å²) in [5.74, 6) is -2.20. The van der Waals surface area contributed by atoms with Crippen LogP contribution in [0.4, 0.5) is 0 Å². The van der Waals surface area contributed by atoms with Crippen molar-refractivity contribution < 1.29 is 14.3 Å². The van der Waals surface area contributed by atoms with Crippen LogP contribution in [0.5, 0.6) is 0 Å². The molecule has 0 amide bonds. The highest BCUT2D eigenvalue weighted by Gasteiger charge is 2.28. The summed E-state index contributed by atoms with van der Waals surface area (Å²) >= 11 is 1.06. The van der Waals surface area contributed by atoms with E-state index in [9.17, 15) is 14.9 Å². The van der Waals surface area contributed by atoms with E-state index in [1.54, 1.807) is 6.92 Å². The number of esters is 1.